The van der Waals surface area contributed by atoms with Gasteiger partial charge in [-0.25, -0.2) is 9.78 Å². The third-order valence-electron chi connectivity index (χ3n) is 2.47. The Labute approximate surface area is 114 Å². The molecule has 0 amide bonds. The molecule has 1 aromatic heterocycles. The van der Waals surface area contributed by atoms with Crippen LogP contribution < -0.4 is 0 Å². The lowest BCUT2D eigenvalue weighted by molar-refractivity contribution is 0.0700. The van der Waals surface area contributed by atoms with Gasteiger partial charge in [0.15, 0.2) is 0 Å². The second-order valence-electron chi connectivity index (χ2n) is 4.20. The minimum absolute atomic E-state index is 0.0836. The Morgan fingerprint density at radius 1 is 1.44 bits per heavy atom. The predicted octanol–water partition coefficient (Wildman–Crippen LogP) is 4.29. The summed E-state index contributed by atoms with van der Waals surface area (Å²) in [6.07, 6.45) is 0. The average Bonchev–Trinajstić information content (AvgIpc) is 2.73. The number of aromatic carboxylic acids is 1. The lowest BCUT2D eigenvalue weighted by Crippen LogP contribution is -2.00. The van der Waals surface area contributed by atoms with E-state index in [1.165, 1.54) is 11.3 Å². The molecular formula is C13H12ClNO2S. The number of carboxylic acids is 1. The highest BCUT2D eigenvalue weighted by atomic mass is 35.5. The summed E-state index contributed by atoms with van der Waals surface area (Å²) in [5, 5.41) is 10.5. The zero-order valence-electron chi connectivity index (χ0n) is 9.98. The molecule has 0 atom stereocenters. The maximum absolute atomic E-state index is 11.2. The molecular weight excluding hydrogens is 270 g/mol. The number of aromatic nitrogens is 1. The van der Waals surface area contributed by atoms with Crippen LogP contribution in [0.5, 0.6) is 0 Å². The van der Waals surface area contributed by atoms with Crippen LogP contribution in [0.2, 0.25) is 5.02 Å². The number of nitrogens with zero attached hydrogens (tertiary/aromatic N) is 1. The van der Waals surface area contributed by atoms with Gasteiger partial charge in [-0.3, -0.25) is 0 Å². The second-order valence-corrected chi connectivity index (χ2v) is 5.64. The Kier molecular flexibility index (Phi) is 3.68. The Hall–Kier alpha value is -1.39. The minimum atomic E-state index is -0.926. The van der Waals surface area contributed by atoms with E-state index in [-0.39, 0.29) is 5.92 Å². The van der Waals surface area contributed by atoms with Gasteiger partial charge in [-0.05, 0) is 18.1 Å². The number of thiazole rings is 1. The van der Waals surface area contributed by atoms with Crippen molar-refractivity contribution in [3.8, 4) is 10.6 Å². The third kappa shape index (κ3) is 2.54. The molecule has 0 aliphatic heterocycles. The van der Waals surface area contributed by atoms with E-state index in [2.05, 4.69) is 4.98 Å². The quantitative estimate of drug-likeness (QED) is 0.913. The molecule has 5 heteroatoms. The van der Waals surface area contributed by atoms with Crippen LogP contribution in [0.15, 0.2) is 24.3 Å². The van der Waals surface area contributed by atoms with Crippen molar-refractivity contribution in [1.29, 1.82) is 0 Å². The van der Waals surface area contributed by atoms with Crippen molar-refractivity contribution in [3.63, 3.8) is 0 Å². The van der Waals surface area contributed by atoms with Crippen LogP contribution >= 0.6 is 22.9 Å². The van der Waals surface area contributed by atoms with Crippen LogP contribution in [0, 0.1) is 0 Å². The van der Waals surface area contributed by atoms with Crippen LogP contribution in [-0.4, -0.2) is 16.1 Å². The van der Waals surface area contributed by atoms with E-state index in [0.717, 1.165) is 5.56 Å². The highest BCUT2D eigenvalue weighted by Crippen LogP contribution is 2.32. The Morgan fingerprint density at radius 2 is 2.17 bits per heavy atom. The summed E-state index contributed by atoms with van der Waals surface area (Å²) in [7, 11) is 0. The summed E-state index contributed by atoms with van der Waals surface area (Å²) >= 11 is 7.12. The summed E-state index contributed by atoms with van der Waals surface area (Å²) in [6, 6.07) is 7.27. The first-order valence-corrected chi connectivity index (χ1v) is 6.68. The smallest absolute Gasteiger partial charge is 0.347 e. The SMILES string of the molecule is CC(C)c1nc(-c2cccc(Cl)c2)sc1C(=O)O. The molecule has 94 valence electrons. The van der Waals surface area contributed by atoms with Gasteiger partial charge in [0, 0.05) is 10.6 Å². The molecule has 0 aliphatic carbocycles. The monoisotopic (exact) mass is 281 g/mol. The molecule has 1 heterocycles. The van der Waals surface area contributed by atoms with E-state index in [1.54, 1.807) is 12.1 Å². The number of benzene rings is 1. The van der Waals surface area contributed by atoms with Crippen molar-refractivity contribution in [2.24, 2.45) is 0 Å². The van der Waals surface area contributed by atoms with E-state index < -0.39 is 5.97 Å². The Bertz CT molecular complexity index is 592. The zero-order chi connectivity index (χ0) is 13.3. The Morgan fingerprint density at radius 3 is 2.67 bits per heavy atom. The molecule has 2 aromatic rings. The van der Waals surface area contributed by atoms with Crippen LogP contribution in [-0.2, 0) is 0 Å². The predicted molar refractivity (Wildman–Crippen MR) is 73.6 cm³/mol. The van der Waals surface area contributed by atoms with Gasteiger partial charge in [0.2, 0.25) is 0 Å². The van der Waals surface area contributed by atoms with Crippen molar-refractivity contribution in [3.05, 3.63) is 39.9 Å². The summed E-state index contributed by atoms with van der Waals surface area (Å²) in [5.74, 6) is -0.843. The van der Waals surface area contributed by atoms with Gasteiger partial charge in [-0.1, -0.05) is 37.6 Å². The molecule has 0 unspecified atom stereocenters. The number of hydrogen-bond donors (Lipinski definition) is 1. The van der Waals surface area contributed by atoms with Gasteiger partial charge in [0.1, 0.15) is 9.88 Å². The lowest BCUT2D eigenvalue weighted by atomic mass is 10.1. The summed E-state index contributed by atoms with van der Waals surface area (Å²) in [5.41, 5.74) is 1.48. The van der Waals surface area contributed by atoms with E-state index in [4.69, 9.17) is 11.6 Å². The first-order chi connectivity index (χ1) is 8.49. The van der Waals surface area contributed by atoms with Gasteiger partial charge in [0.25, 0.3) is 0 Å². The number of halogens is 1. The first-order valence-electron chi connectivity index (χ1n) is 5.49. The molecule has 1 aromatic carbocycles. The summed E-state index contributed by atoms with van der Waals surface area (Å²) in [4.78, 5) is 15.9. The van der Waals surface area contributed by atoms with Crippen molar-refractivity contribution in [2.45, 2.75) is 19.8 Å². The van der Waals surface area contributed by atoms with Crippen LogP contribution in [0.1, 0.15) is 35.1 Å². The molecule has 0 spiro atoms. The zero-order valence-corrected chi connectivity index (χ0v) is 11.5. The molecule has 0 radical (unpaired) electrons. The number of carbonyl (C=O) groups is 1. The van der Waals surface area contributed by atoms with Gasteiger partial charge in [-0.2, -0.15) is 0 Å². The number of hydrogen-bond acceptors (Lipinski definition) is 3. The molecule has 0 aliphatic rings. The molecule has 3 nitrogen and oxygen atoms in total. The van der Waals surface area contributed by atoms with Crippen molar-refractivity contribution in [2.75, 3.05) is 0 Å². The highest BCUT2D eigenvalue weighted by molar-refractivity contribution is 7.17. The summed E-state index contributed by atoms with van der Waals surface area (Å²) < 4.78 is 0. The fourth-order valence-electron chi connectivity index (χ4n) is 1.62. The van der Waals surface area contributed by atoms with E-state index >= 15 is 0 Å². The highest BCUT2D eigenvalue weighted by Gasteiger charge is 2.20. The van der Waals surface area contributed by atoms with Gasteiger partial charge >= 0.3 is 5.97 Å². The van der Waals surface area contributed by atoms with Gasteiger partial charge in [0.05, 0.1) is 5.69 Å². The molecule has 1 N–H and O–H groups in total. The Balaban J connectivity index is 2.53. The number of rotatable bonds is 3. The first kappa shape index (κ1) is 13.1. The molecule has 0 saturated carbocycles. The third-order valence-corrected chi connectivity index (χ3v) is 3.81. The largest absolute Gasteiger partial charge is 0.477 e. The van der Waals surface area contributed by atoms with Crippen LogP contribution in [0.3, 0.4) is 0 Å². The van der Waals surface area contributed by atoms with Crippen molar-refractivity contribution in [1.82, 2.24) is 4.98 Å². The van der Waals surface area contributed by atoms with Crippen LogP contribution in [0.4, 0.5) is 0 Å². The van der Waals surface area contributed by atoms with Gasteiger partial charge in [-0.15, -0.1) is 11.3 Å². The summed E-state index contributed by atoms with van der Waals surface area (Å²) in [6.45, 7) is 3.87. The number of carboxylic acid groups (broad SMARTS) is 1. The minimum Gasteiger partial charge on any atom is -0.477 e. The maximum Gasteiger partial charge on any atom is 0.347 e. The van der Waals surface area contributed by atoms with E-state index in [9.17, 15) is 9.90 Å². The standard InChI is InChI=1S/C13H12ClNO2S/c1-7(2)10-11(13(16)17)18-12(15-10)8-4-3-5-9(14)6-8/h3-7H,1-2H3,(H,16,17). The lowest BCUT2D eigenvalue weighted by Gasteiger charge is -2.00. The van der Waals surface area contributed by atoms with Crippen molar-refractivity contribution >= 4 is 28.9 Å². The van der Waals surface area contributed by atoms with E-state index in [0.29, 0.717) is 20.6 Å². The normalized spacial score (nSPS) is 10.9. The second kappa shape index (κ2) is 5.08. The molecule has 18 heavy (non-hydrogen) atoms. The molecule has 0 bridgehead atoms. The maximum atomic E-state index is 11.2. The molecule has 0 saturated heterocycles. The topological polar surface area (TPSA) is 50.2 Å². The average molecular weight is 282 g/mol. The van der Waals surface area contributed by atoms with Crippen LogP contribution in [0.25, 0.3) is 10.6 Å². The fourth-order valence-corrected chi connectivity index (χ4v) is 2.87. The molecule has 0 fully saturated rings. The molecule has 2 rings (SSSR count). The van der Waals surface area contributed by atoms with Gasteiger partial charge < -0.3 is 5.11 Å². The van der Waals surface area contributed by atoms with Crippen molar-refractivity contribution < 1.29 is 9.90 Å². The van der Waals surface area contributed by atoms with E-state index in [1.807, 2.05) is 26.0 Å². The fraction of sp³-hybridized carbons (Fsp3) is 0.231.